The highest BCUT2D eigenvalue weighted by Gasteiger charge is 2.44. The number of rotatable bonds is 1. The average Bonchev–Trinajstić information content (AvgIpc) is 3.05. The van der Waals surface area contributed by atoms with Gasteiger partial charge in [0.05, 0.1) is 11.6 Å². The molecule has 122 valence electrons. The maximum Gasteiger partial charge on any atom is 0.167 e. The number of allylic oxidation sites excluding steroid dienone is 4. The number of thioether (sulfide) groups is 1. The van der Waals surface area contributed by atoms with Crippen LogP contribution in [0.1, 0.15) is 50.2 Å². The van der Waals surface area contributed by atoms with Crippen molar-refractivity contribution in [3.63, 3.8) is 0 Å². The molecule has 2 aliphatic heterocycles. The number of Topliss-reactive ketones (excluding diaryl/α,β-unsaturated/α-hetero) is 1. The highest BCUT2D eigenvalue weighted by molar-refractivity contribution is 8.03. The minimum atomic E-state index is -0.313. The highest BCUT2D eigenvalue weighted by Crippen LogP contribution is 2.52. The van der Waals surface area contributed by atoms with E-state index in [0.29, 0.717) is 5.56 Å². The molecule has 1 aromatic carbocycles. The van der Waals surface area contributed by atoms with Gasteiger partial charge in [0.1, 0.15) is 0 Å². The molecule has 4 heteroatoms. The van der Waals surface area contributed by atoms with E-state index < -0.39 is 0 Å². The van der Waals surface area contributed by atoms with Gasteiger partial charge in [0.15, 0.2) is 5.78 Å². The molecule has 1 aromatic rings. The molecule has 0 amide bonds. The average molecular weight is 336 g/mol. The quantitative estimate of drug-likeness (QED) is 0.833. The Morgan fingerprint density at radius 2 is 2.12 bits per heavy atom. The summed E-state index contributed by atoms with van der Waals surface area (Å²) in [4.78, 5) is 14.5. The molecule has 0 fully saturated rings. The van der Waals surface area contributed by atoms with Gasteiger partial charge in [-0.2, -0.15) is 5.26 Å². The van der Waals surface area contributed by atoms with Gasteiger partial charge in [0, 0.05) is 39.0 Å². The lowest BCUT2D eigenvalue weighted by atomic mass is 9.69. The van der Waals surface area contributed by atoms with Crippen molar-refractivity contribution >= 4 is 17.5 Å². The number of carbonyl (C=O) groups excluding carboxylic acids is 1. The lowest BCUT2D eigenvalue weighted by Crippen LogP contribution is -2.38. The van der Waals surface area contributed by atoms with Gasteiger partial charge >= 0.3 is 0 Å². The Kier molecular flexibility index (Phi) is 3.58. The molecule has 3 aliphatic rings. The van der Waals surface area contributed by atoms with Crippen LogP contribution in [0, 0.1) is 16.7 Å². The molecule has 0 saturated carbocycles. The van der Waals surface area contributed by atoms with Gasteiger partial charge in [-0.3, -0.25) is 4.79 Å². The fraction of sp³-hybridized carbons (Fsp3) is 0.400. The zero-order valence-electron chi connectivity index (χ0n) is 14.0. The lowest BCUT2D eigenvalue weighted by Gasteiger charge is -2.39. The van der Waals surface area contributed by atoms with Crippen molar-refractivity contribution in [1.29, 1.82) is 5.26 Å². The number of ketones is 1. The van der Waals surface area contributed by atoms with E-state index in [1.165, 1.54) is 10.6 Å². The summed E-state index contributed by atoms with van der Waals surface area (Å²) in [5, 5.41) is 12.8. The van der Waals surface area contributed by atoms with Crippen LogP contribution in [-0.2, 0) is 4.79 Å². The second-order valence-corrected chi connectivity index (χ2v) is 8.48. The first-order valence-corrected chi connectivity index (χ1v) is 9.40. The summed E-state index contributed by atoms with van der Waals surface area (Å²) in [5.41, 5.74) is 4.71. The van der Waals surface area contributed by atoms with Crippen molar-refractivity contribution in [2.75, 3.05) is 5.75 Å². The third-order valence-electron chi connectivity index (χ3n) is 5.29. The number of nitriles is 1. The Bertz CT molecular complexity index is 841. The van der Waals surface area contributed by atoms with Crippen molar-refractivity contribution in [3.05, 3.63) is 57.3 Å². The molecule has 1 unspecified atom stereocenters. The molecule has 3 nitrogen and oxygen atoms in total. The third kappa shape index (κ3) is 2.31. The number of carbonyl (C=O) groups is 1. The SMILES string of the molecule is CC1(C)CCC2=C(C1=O)C(c1cccc(C#N)c1)C1=C(CCS1)N2. The highest BCUT2D eigenvalue weighted by atomic mass is 32.2. The van der Waals surface area contributed by atoms with Crippen LogP contribution in [0.2, 0.25) is 0 Å². The van der Waals surface area contributed by atoms with Crippen LogP contribution in [-0.4, -0.2) is 11.5 Å². The molecule has 0 aromatic heterocycles. The predicted octanol–water partition coefficient (Wildman–Crippen LogP) is 4.24. The van der Waals surface area contributed by atoms with Gasteiger partial charge in [0.2, 0.25) is 0 Å². The van der Waals surface area contributed by atoms with Crippen LogP contribution in [0.5, 0.6) is 0 Å². The second kappa shape index (κ2) is 5.53. The zero-order chi connectivity index (χ0) is 16.9. The number of benzene rings is 1. The van der Waals surface area contributed by atoms with Crippen LogP contribution in [0.15, 0.2) is 46.1 Å². The first kappa shape index (κ1) is 15.5. The van der Waals surface area contributed by atoms with Gasteiger partial charge in [-0.25, -0.2) is 0 Å². The number of nitrogens with one attached hydrogen (secondary N) is 1. The van der Waals surface area contributed by atoms with Crippen LogP contribution in [0.25, 0.3) is 0 Å². The molecule has 0 saturated heterocycles. The van der Waals surface area contributed by atoms with E-state index in [2.05, 4.69) is 17.5 Å². The molecule has 24 heavy (non-hydrogen) atoms. The third-order valence-corrected chi connectivity index (χ3v) is 6.49. The molecule has 0 bridgehead atoms. The molecule has 1 atom stereocenters. The van der Waals surface area contributed by atoms with Crippen molar-refractivity contribution in [1.82, 2.24) is 5.32 Å². The van der Waals surface area contributed by atoms with E-state index in [9.17, 15) is 10.1 Å². The first-order chi connectivity index (χ1) is 11.5. The predicted molar refractivity (Wildman–Crippen MR) is 96.2 cm³/mol. The number of nitrogens with zero attached hydrogens (tertiary/aromatic N) is 1. The molecule has 0 spiro atoms. The van der Waals surface area contributed by atoms with Crippen molar-refractivity contribution in [3.8, 4) is 6.07 Å². The van der Waals surface area contributed by atoms with E-state index in [0.717, 1.165) is 41.8 Å². The molecule has 0 radical (unpaired) electrons. The molecule has 1 aliphatic carbocycles. The van der Waals surface area contributed by atoms with E-state index in [1.807, 2.05) is 43.8 Å². The number of dihydropyridines is 1. The summed E-state index contributed by atoms with van der Waals surface area (Å²) < 4.78 is 0. The first-order valence-electron chi connectivity index (χ1n) is 8.42. The van der Waals surface area contributed by atoms with Gasteiger partial charge in [0.25, 0.3) is 0 Å². The summed E-state index contributed by atoms with van der Waals surface area (Å²) in [6.07, 6.45) is 2.84. The van der Waals surface area contributed by atoms with Gasteiger partial charge in [-0.05, 0) is 37.0 Å². The van der Waals surface area contributed by atoms with Crippen LogP contribution in [0.4, 0.5) is 0 Å². The van der Waals surface area contributed by atoms with Crippen LogP contribution < -0.4 is 5.32 Å². The Morgan fingerprint density at radius 3 is 2.92 bits per heavy atom. The van der Waals surface area contributed by atoms with Gasteiger partial charge in [-0.15, -0.1) is 11.8 Å². The fourth-order valence-corrected chi connectivity index (χ4v) is 5.17. The van der Waals surface area contributed by atoms with E-state index in [-0.39, 0.29) is 17.1 Å². The molecule has 1 N–H and O–H groups in total. The minimum Gasteiger partial charge on any atom is -0.361 e. The molecular weight excluding hydrogens is 316 g/mol. The van der Waals surface area contributed by atoms with E-state index in [1.54, 1.807) is 0 Å². The molecular formula is C20H20N2OS. The van der Waals surface area contributed by atoms with E-state index in [4.69, 9.17) is 0 Å². The summed E-state index contributed by atoms with van der Waals surface area (Å²) in [5.74, 6) is 1.30. The van der Waals surface area contributed by atoms with Crippen molar-refractivity contribution in [2.24, 2.45) is 5.41 Å². The molecule has 2 heterocycles. The van der Waals surface area contributed by atoms with Crippen molar-refractivity contribution in [2.45, 2.75) is 39.0 Å². The zero-order valence-corrected chi connectivity index (χ0v) is 14.8. The topological polar surface area (TPSA) is 52.9 Å². The summed E-state index contributed by atoms with van der Waals surface area (Å²) in [6.45, 7) is 4.10. The van der Waals surface area contributed by atoms with Crippen molar-refractivity contribution < 1.29 is 4.79 Å². The maximum absolute atomic E-state index is 13.2. The maximum atomic E-state index is 13.2. The monoisotopic (exact) mass is 336 g/mol. The lowest BCUT2D eigenvalue weighted by molar-refractivity contribution is -0.124. The van der Waals surface area contributed by atoms with E-state index >= 15 is 0 Å². The minimum absolute atomic E-state index is 0.0101. The Labute approximate surface area is 146 Å². The number of hydrogen-bond acceptors (Lipinski definition) is 4. The fourth-order valence-electron chi connectivity index (χ4n) is 3.90. The van der Waals surface area contributed by atoms with Gasteiger partial charge < -0.3 is 5.32 Å². The smallest absolute Gasteiger partial charge is 0.167 e. The standard InChI is InChI=1S/C20H20N2OS/c1-20(2)8-6-14-17(19(20)23)16(18-15(22-14)7-9-24-18)13-5-3-4-12(10-13)11-21/h3-5,10,16,22H,6-9H2,1-2H3. The molecule has 4 rings (SSSR count). The Morgan fingerprint density at radius 1 is 1.29 bits per heavy atom. The summed E-state index contributed by atoms with van der Waals surface area (Å²) in [6, 6.07) is 9.97. The summed E-state index contributed by atoms with van der Waals surface area (Å²) >= 11 is 1.85. The largest absolute Gasteiger partial charge is 0.361 e. The summed E-state index contributed by atoms with van der Waals surface area (Å²) in [7, 11) is 0. The van der Waals surface area contributed by atoms with Crippen LogP contribution >= 0.6 is 11.8 Å². The number of hydrogen-bond donors (Lipinski definition) is 1. The van der Waals surface area contributed by atoms with Gasteiger partial charge in [-0.1, -0.05) is 26.0 Å². The normalized spacial score (nSPS) is 25.0. The van der Waals surface area contributed by atoms with Crippen LogP contribution in [0.3, 0.4) is 0 Å². The Hall–Kier alpha value is -1.99. The Balaban J connectivity index is 1.89. The second-order valence-electron chi connectivity index (χ2n) is 7.34.